The first-order chi connectivity index (χ1) is 9.56. The van der Waals surface area contributed by atoms with Gasteiger partial charge in [0.25, 0.3) is 5.91 Å². The second kappa shape index (κ2) is 4.98. The largest absolute Gasteiger partial charge is 0.506 e. The fraction of sp³-hybridized carbons (Fsp3) is 0.533. The lowest BCUT2D eigenvalue weighted by Gasteiger charge is -2.26. The number of amides is 1. The summed E-state index contributed by atoms with van der Waals surface area (Å²) in [4.78, 5) is 16.9. The molecule has 5 heteroatoms. The Morgan fingerprint density at radius 2 is 2.05 bits per heavy atom. The zero-order chi connectivity index (χ0) is 14.3. The summed E-state index contributed by atoms with van der Waals surface area (Å²) >= 11 is 0. The van der Waals surface area contributed by atoms with Crippen LogP contribution >= 0.6 is 0 Å². The molecule has 3 N–H and O–H groups in total. The second-order valence-electron chi connectivity index (χ2n) is 5.86. The zero-order valence-electron chi connectivity index (χ0n) is 11.7. The molecule has 5 nitrogen and oxygen atoms in total. The maximum Gasteiger partial charge on any atom is 0.254 e. The van der Waals surface area contributed by atoms with Gasteiger partial charge in [-0.3, -0.25) is 9.69 Å². The first-order valence-corrected chi connectivity index (χ1v) is 7.16. The summed E-state index contributed by atoms with van der Waals surface area (Å²) < 4.78 is 0. The number of benzene rings is 1. The average Bonchev–Trinajstić information content (AvgIpc) is 2.66. The minimum Gasteiger partial charge on any atom is -0.506 e. The van der Waals surface area contributed by atoms with Gasteiger partial charge in [0.2, 0.25) is 0 Å². The number of hydrogen-bond donors (Lipinski definition) is 2. The van der Waals surface area contributed by atoms with Gasteiger partial charge in [0.1, 0.15) is 5.75 Å². The predicted octanol–water partition coefficient (Wildman–Crippen LogP) is 1.28. The van der Waals surface area contributed by atoms with Crippen molar-refractivity contribution in [3.63, 3.8) is 0 Å². The molecule has 0 radical (unpaired) electrons. The van der Waals surface area contributed by atoms with Gasteiger partial charge in [-0.2, -0.15) is 0 Å². The SMILES string of the molecule is CN1C2CCC1CN(C(=O)c1ccc(N)c(O)c1)CC2. The van der Waals surface area contributed by atoms with E-state index in [1.807, 2.05) is 4.90 Å². The quantitative estimate of drug-likeness (QED) is 0.598. The van der Waals surface area contributed by atoms with Gasteiger partial charge in [0, 0.05) is 30.7 Å². The number of likely N-dealkylation sites (tertiary alicyclic amines) is 1. The molecule has 0 aliphatic carbocycles. The van der Waals surface area contributed by atoms with Crippen molar-refractivity contribution < 1.29 is 9.90 Å². The molecule has 2 aliphatic rings. The molecule has 1 amide bonds. The van der Waals surface area contributed by atoms with Gasteiger partial charge in [-0.15, -0.1) is 0 Å². The third-order valence-corrected chi connectivity index (χ3v) is 4.71. The van der Waals surface area contributed by atoms with E-state index in [0.717, 1.165) is 25.9 Å². The van der Waals surface area contributed by atoms with Crippen molar-refractivity contribution in [2.45, 2.75) is 31.3 Å². The Kier molecular flexibility index (Phi) is 3.30. The van der Waals surface area contributed by atoms with Crippen LogP contribution in [-0.2, 0) is 0 Å². The number of hydrogen-bond acceptors (Lipinski definition) is 4. The number of anilines is 1. The first kappa shape index (κ1) is 13.2. The molecule has 2 atom stereocenters. The van der Waals surface area contributed by atoms with Crippen molar-refractivity contribution in [2.75, 3.05) is 25.9 Å². The summed E-state index contributed by atoms with van der Waals surface area (Å²) in [6, 6.07) is 5.81. The van der Waals surface area contributed by atoms with Crippen LogP contribution in [0.4, 0.5) is 5.69 Å². The molecular weight excluding hydrogens is 254 g/mol. The van der Waals surface area contributed by atoms with Crippen LogP contribution in [0.1, 0.15) is 29.6 Å². The molecule has 0 spiro atoms. The molecule has 108 valence electrons. The number of aromatic hydroxyl groups is 1. The number of fused-ring (bicyclic) bond motifs is 2. The lowest BCUT2D eigenvalue weighted by molar-refractivity contribution is 0.0740. The Bertz CT molecular complexity index is 532. The summed E-state index contributed by atoms with van der Waals surface area (Å²) in [5.41, 5.74) is 6.39. The van der Waals surface area contributed by atoms with Crippen molar-refractivity contribution in [2.24, 2.45) is 0 Å². The summed E-state index contributed by atoms with van der Waals surface area (Å²) in [6.07, 6.45) is 3.43. The van der Waals surface area contributed by atoms with E-state index in [2.05, 4.69) is 11.9 Å². The number of nitrogens with two attached hydrogens (primary N) is 1. The predicted molar refractivity (Wildman–Crippen MR) is 77.6 cm³/mol. The van der Waals surface area contributed by atoms with Gasteiger partial charge in [0.05, 0.1) is 5.69 Å². The summed E-state index contributed by atoms with van der Waals surface area (Å²) in [5, 5.41) is 9.65. The van der Waals surface area contributed by atoms with Gasteiger partial charge >= 0.3 is 0 Å². The number of rotatable bonds is 1. The smallest absolute Gasteiger partial charge is 0.254 e. The molecule has 0 aromatic heterocycles. The summed E-state index contributed by atoms with van der Waals surface area (Å²) in [6.45, 7) is 1.56. The van der Waals surface area contributed by atoms with Gasteiger partial charge in [0.15, 0.2) is 0 Å². The molecule has 1 aromatic carbocycles. The highest BCUT2D eigenvalue weighted by atomic mass is 16.3. The number of likely N-dealkylation sites (N-methyl/N-ethyl adjacent to an activating group) is 1. The third-order valence-electron chi connectivity index (χ3n) is 4.71. The molecule has 2 bridgehead atoms. The van der Waals surface area contributed by atoms with Crippen molar-refractivity contribution in [1.29, 1.82) is 0 Å². The fourth-order valence-electron chi connectivity index (χ4n) is 3.35. The van der Waals surface area contributed by atoms with Crippen LogP contribution in [-0.4, -0.2) is 53.0 Å². The molecule has 2 unspecified atom stereocenters. The van der Waals surface area contributed by atoms with E-state index < -0.39 is 0 Å². The lowest BCUT2D eigenvalue weighted by atomic mass is 10.1. The van der Waals surface area contributed by atoms with Gasteiger partial charge in [-0.05, 0) is 44.5 Å². The maximum atomic E-state index is 12.6. The molecule has 1 aromatic rings. The van der Waals surface area contributed by atoms with E-state index in [9.17, 15) is 9.90 Å². The third kappa shape index (κ3) is 2.22. The molecule has 0 saturated carbocycles. The molecule has 2 fully saturated rings. The number of nitrogens with zero attached hydrogens (tertiary/aromatic N) is 2. The molecular formula is C15H21N3O2. The number of nitrogen functional groups attached to an aromatic ring is 1. The number of carbonyl (C=O) groups is 1. The lowest BCUT2D eigenvalue weighted by Crippen LogP contribution is -2.39. The Balaban J connectivity index is 1.78. The van der Waals surface area contributed by atoms with E-state index in [-0.39, 0.29) is 11.7 Å². The number of carbonyl (C=O) groups excluding carboxylic acids is 1. The maximum absolute atomic E-state index is 12.6. The van der Waals surface area contributed by atoms with Crippen LogP contribution < -0.4 is 5.73 Å². The van der Waals surface area contributed by atoms with E-state index in [1.165, 1.54) is 12.5 Å². The van der Waals surface area contributed by atoms with E-state index >= 15 is 0 Å². The van der Waals surface area contributed by atoms with Crippen LogP contribution in [0.25, 0.3) is 0 Å². The fourth-order valence-corrected chi connectivity index (χ4v) is 3.35. The first-order valence-electron chi connectivity index (χ1n) is 7.16. The molecule has 2 aliphatic heterocycles. The van der Waals surface area contributed by atoms with Crippen LogP contribution in [0, 0.1) is 0 Å². The van der Waals surface area contributed by atoms with Crippen LogP contribution in [0.15, 0.2) is 18.2 Å². The zero-order valence-corrected chi connectivity index (χ0v) is 11.7. The number of phenolic OH excluding ortho intramolecular Hbond substituents is 1. The minimum absolute atomic E-state index is 0.0127. The van der Waals surface area contributed by atoms with Gasteiger partial charge in [-0.25, -0.2) is 0 Å². The Morgan fingerprint density at radius 1 is 1.30 bits per heavy atom. The second-order valence-corrected chi connectivity index (χ2v) is 5.86. The minimum atomic E-state index is -0.0238. The van der Waals surface area contributed by atoms with E-state index in [1.54, 1.807) is 12.1 Å². The topological polar surface area (TPSA) is 69.8 Å². The highest BCUT2D eigenvalue weighted by Crippen LogP contribution is 2.29. The van der Waals surface area contributed by atoms with Gasteiger partial charge in [-0.1, -0.05) is 0 Å². The summed E-state index contributed by atoms with van der Waals surface area (Å²) in [7, 11) is 2.16. The highest BCUT2D eigenvalue weighted by molar-refractivity contribution is 5.95. The standard InChI is InChI=1S/C15H21N3O2/c1-17-11-3-4-12(17)9-18(7-6-11)15(20)10-2-5-13(16)14(19)8-10/h2,5,8,11-12,19H,3-4,6-7,9,16H2,1H3. The monoisotopic (exact) mass is 275 g/mol. The van der Waals surface area contributed by atoms with E-state index in [4.69, 9.17) is 5.73 Å². The number of phenols is 1. The Labute approximate surface area is 119 Å². The van der Waals surface area contributed by atoms with E-state index in [0.29, 0.717) is 23.3 Å². The molecule has 2 heterocycles. The normalized spacial score (nSPS) is 26.6. The molecule has 2 saturated heterocycles. The highest BCUT2D eigenvalue weighted by Gasteiger charge is 2.36. The van der Waals surface area contributed by atoms with Gasteiger partial charge < -0.3 is 15.7 Å². The molecule has 3 rings (SSSR count). The Morgan fingerprint density at radius 3 is 2.80 bits per heavy atom. The van der Waals surface area contributed by atoms with Crippen LogP contribution in [0.2, 0.25) is 0 Å². The summed E-state index contributed by atoms with van der Waals surface area (Å²) in [5.74, 6) is -0.0365. The average molecular weight is 275 g/mol. The molecule has 20 heavy (non-hydrogen) atoms. The Hall–Kier alpha value is -1.75. The van der Waals surface area contributed by atoms with Crippen molar-refractivity contribution in [3.05, 3.63) is 23.8 Å². The van der Waals surface area contributed by atoms with Crippen LogP contribution in [0.5, 0.6) is 5.75 Å². The van der Waals surface area contributed by atoms with Crippen molar-refractivity contribution in [1.82, 2.24) is 9.80 Å². The van der Waals surface area contributed by atoms with Crippen LogP contribution in [0.3, 0.4) is 0 Å². The van der Waals surface area contributed by atoms with Crippen molar-refractivity contribution in [3.8, 4) is 5.75 Å². The van der Waals surface area contributed by atoms with Crippen molar-refractivity contribution >= 4 is 11.6 Å².